The van der Waals surface area contributed by atoms with Gasteiger partial charge in [-0.05, 0) is 26.3 Å². The predicted molar refractivity (Wildman–Crippen MR) is 71.5 cm³/mol. The van der Waals surface area contributed by atoms with Crippen molar-refractivity contribution in [3.8, 4) is 0 Å². The van der Waals surface area contributed by atoms with Gasteiger partial charge in [-0.3, -0.25) is 4.99 Å². The van der Waals surface area contributed by atoms with Gasteiger partial charge >= 0.3 is 0 Å². The molecule has 0 aromatic rings. The van der Waals surface area contributed by atoms with Crippen LogP contribution < -0.4 is 4.72 Å². The maximum Gasteiger partial charge on any atom is 0.279 e. The standard InChI is InChI=1S/C11H20N4O2S/c1-8-9(2)13-10(3)15-6-5-14(7-11(8)15)18(16,17)12-4/h9,12H,5-7H2,1-4H3/t9-/m0/s1. The van der Waals surface area contributed by atoms with Gasteiger partial charge < -0.3 is 4.90 Å². The summed E-state index contributed by atoms with van der Waals surface area (Å²) in [6, 6.07) is 0.133. The van der Waals surface area contributed by atoms with E-state index in [-0.39, 0.29) is 6.04 Å². The number of hydrogen-bond acceptors (Lipinski definition) is 4. The molecule has 1 atom stereocenters. The van der Waals surface area contributed by atoms with E-state index in [9.17, 15) is 8.42 Å². The molecule has 2 rings (SSSR count). The van der Waals surface area contributed by atoms with Crippen LogP contribution in [0.15, 0.2) is 16.3 Å². The number of fused-ring (bicyclic) bond motifs is 1. The molecule has 0 radical (unpaired) electrons. The number of nitrogens with one attached hydrogen (secondary N) is 1. The van der Waals surface area contributed by atoms with Gasteiger partial charge in [-0.15, -0.1) is 0 Å². The largest absolute Gasteiger partial charge is 0.331 e. The first-order valence-electron chi connectivity index (χ1n) is 6.07. The Labute approximate surface area is 109 Å². The second kappa shape index (κ2) is 4.64. The molecule has 2 heterocycles. The van der Waals surface area contributed by atoms with Crippen LogP contribution in [-0.2, 0) is 10.2 Å². The molecule has 1 fully saturated rings. The summed E-state index contributed by atoms with van der Waals surface area (Å²) in [7, 11) is -1.90. The van der Waals surface area contributed by atoms with Gasteiger partial charge in [0.25, 0.3) is 10.2 Å². The van der Waals surface area contributed by atoms with Crippen molar-refractivity contribution in [2.75, 3.05) is 26.7 Å². The monoisotopic (exact) mass is 272 g/mol. The van der Waals surface area contributed by atoms with Crippen molar-refractivity contribution in [2.24, 2.45) is 4.99 Å². The van der Waals surface area contributed by atoms with Crippen LogP contribution in [0.1, 0.15) is 20.8 Å². The minimum Gasteiger partial charge on any atom is -0.331 e. The van der Waals surface area contributed by atoms with Crippen LogP contribution in [-0.4, -0.2) is 56.2 Å². The van der Waals surface area contributed by atoms with E-state index in [4.69, 9.17) is 0 Å². The molecule has 0 aromatic carbocycles. The Morgan fingerprint density at radius 2 is 2.00 bits per heavy atom. The average molecular weight is 272 g/mol. The summed E-state index contributed by atoms with van der Waals surface area (Å²) in [5.74, 6) is 0.976. The lowest BCUT2D eigenvalue weighted by Gasteiger charge is -2.41. The average Bonchev–Trinajstić information content (AvgIpc) is 2.35. The van der Waals surface area contributed by atoms with Crippen molar-refractivity contribution in [3.63, 3.8) is 0 Å². The zero-order valence-corrected chi connectivity index (χ0v) is 12.1. The fourth-order valence-electron chi connectivity index (χ4n) is 2.39. The highest BCUT2D eigenvalue weighted by atomic mass is 32.2. The minimum atomic E-state index is -3.35. The lowest BCUT2D eigenvalue weighted by molar-refractivity contribution is 0.304. The van der Waals surface area contributed by atoms with Gasteiger partial charge in [0.1, 0.15) is 5.84 Å². The zero-order chi connectivity index (χ0) is 13.5. The van der Waals surface area contributed by atoms with E-state index in [1.54, 1.807) is 0 Å². The van der Waals surface area contributed by atoms with Gasteiger partial charge in [0.05, 0.1) is 12.6 Å². The highest BCUT2D eigenvalue weighted by molar-refractivity contribution is 7.87. The summed E-state index contributed by atoms with van der Waals surface area (Å²) >= 11 is 0. The number of rotatable bonds is 2. The molecule has 102 valence electrons. The quantitative estimate of drug-likeness (QED) is 0.779. The van der Waals surface area contributed by atoms with Crippen molar-refractivity contribution in [3.05, 3.63) is 11.3 Å². The maximum absolute atomic E-state index is 11.8. The molecule has 0 bridgehead atoms. The Kier molecular flexibility index (Phi) is 3.48. The van der Waals surface area contributed by atoms with Crippen LogP contribution in [0.4, 0.5) is 0 Å². The summed E-state index contributed by atoms with van der Waals surface area (Å²) in [6.07, 6.45) is 0. The van der Waals surface area contributed by atoms with Gasteiger partial charge in [-0.25, -0.2) is 4.72 Å². The lowest BCUT2D eigenvalue weighted by atomic mass is 10.0. The van der Waals surface area contributed by atoms with Crippen molar-refractivity contribution in [1.29, 1.82) is 0 Å². The van der Waals surface area contributed by atoms with E-state index in [0.717, 1.165) is 17.1 Å². The molecule has 0 saturated carbocycles. The lowest BCUT2D eigenvalue weighted by Crippen LogP contribution is -2.53. The minimum absolute atomic E-state index is 0.133. The third-order valence-electron chi connectivity index (χ3n) is 3.68. The van der Waals surface area contributed by atoms with Crippen molar-refractivity contribution >= 4 is 16.0 Å². The summed E-state index contributed by atoms with van der Waals surface area (Å²) in [5, 5.41) is 0. The molecule has 18 heavy (non-hydrogen) atoms. The Bertz CT molecular complexity index is 509. The molecular weight excluding hydrogens is 252 g/mol. The van der Waals surface area contributed by atoms with Crippen LogP contribution >= 0.6 is 0 Å². The number of nitrogens with zero attached hydrogens (tertiary/aromatic N) is 3. The fraction of sp³-hybridized carbons (Fsp3) is 0.727. The molecular formula is C11H20N4O2S. The Morgan fingerprint density at radius 3 is 2.61 bits per heavy atom. The molecule has 2 aliphatic heterocycles. The van der Waals surface area contributed by atoms with Crippen LogP contribution in [0.25, 0.3) is 0 Å². The number of piperazine rings is 1. The number of aliphatic imine (C=N–C) groups is 1. The smallest absolute Gasteiger partial charge is 0.279 e. The van der Waals surface area contributed by atoms with Crippen LogP contribution in [0.2, 0.25) is 0 Å². The summed E-state index contributed by atoms with van der Waals surface area (Å²) in [5.41, 5.74) is 2.22. The Morgan fingerprint density at radius 1 is 1.33 bits per heavy atom. The van der Waals surface area contributed by atoms with Crippen molar-refractivity contribution in [2.45, 2.75) is 26.8 Å². The molecule has 0 amide bonds. The maximum atomic E-state index is 11.8. The second-order valence-corrected chi connectivity index (χ2v) is 6.55. The van der Waals surface area contributed by atoms with Gasteiger partial charge in [-0.2, -0.15) is 12.7 Å². The van der Waals surface area contributed by atoms with E-state index in [2.05, 4.69) is 14.6 Å². The first-order valence-corrected chi connectivity index (χ1v) is 7.51. The third kappa shape index (κ3) is 2.17. The van der Waals surface area contributed by atoms with Gasteiger partial charge in [0.2, 0.25) is 0 Å². The molecule has 0 aromatic heterocycles. The van der Waals surface area contributed by atoms with Crippen LogP contribution in [0, 0.1) is 0 Å². The normalized spacial score (nSPS) is 26.1. The molecule has 2 aliphatic rings. The Balaban J connectivity index is 2.30. The molecule has 1 N–H and O–H groups in total. The topological polar surface area (TPSA) is 65.0 Å². The second-order valence-electron chi connectivity index (χ2n) is 4.68. The van der Waals surface area contributed by atoms with Gasteiger partial charge in [0.15, 0.2) is 0 Å². The zero-order valence-electron chi connectivity index (χ0n) is 11.3. The fourth-order valence-corrected chi connectivity index (χ4v) is 3.27. The first-order chi connectivity index (χ1) is 8.36. The van der Waals surface area contributed by atoms with E-state index in [1.807, 2.05) is 20.8 Å². The third-order valence-corrected chi connectivity index (χ3v) is 5.18. The first kappa shape index (κ1) is 13.5. The summed E-state index contributed by atoms with van der Waals surface area (Å²) in [4.78, 5) is 6.68. The van der Waals surface area contributed by atoms with E-state index in [0.29, 0.717) is 19.6 Å². The number of hydrogen-bond donors (Lipinski definition) is 1. The SMILES string of the molecule is CNS(=O)(=O)N1CCN2C(C)=N[C@@H](C)C(C)=C2C1. The number of amidine groups is 1. The molecule has 0 aliphatic carbocycles. The van der Waals surface area contributed by atoms with Crippen molar-refractivity contribution < 1.29 is 8.42 Å². The predicted octanol–water partition coefficient (Wildman–Crippen LogP) is 0.163. The highest BCUT2D eigenvalue weighted by Crippen LogP contribution is 2.26. The molecule has 6 nitrogen and oxygen atoms in total. The van der Waals surface area contributed by atoms with Crippen LogP contribution in [0.3, 0.4) is 0 Å². The molecule has 0 spiro atoms. The molecule has 1 saturated heterocycles. The summed E-state index contributed by atoms with van der Waals surface area (Å²) in [6.45, 7) is 7.61. The van der Waals surface area contributed by atoms with Gasteiger partial charge in [0, 0.05) is 25.8 Å². The van der Waals surface area contributed by atoms with Gasteiger partial charge in [-0.1, -0.05) is 0 Å². The Hall–Kier alpha value is -0.920. The van der Waals surface area contributed by atoms with E-state index >= 15 is 0 Å². The van der Waals surface area contributed by atoms with E-state index in [1.165, 1.54) is 11.4 Å². The van der Waals surface area contributed by atoms with E-state index < -0.39 is 10.2 Å². The highest BCUT2D eigenvalue weighted by Gasteiger charge is 2.33. The van der Waals surface area contributed by atoms with Crippen molar-refractivity contribution in [1.82, 2.24) is 13.9 Å². The molecule has 0 unspecified atom stereocenters. The van der Waals surface area contributed by atoms with Crippen LogP contribution in [0.5, 0.6) is 0 Å². The molecule has 7 heteroatoms. The summed E-state index contributed by atoms with van der Waals surface area (Å²) < 4.78 is 27.5.